The lowest BCUT2D eigenvalue weighted by molar-refractivity contribution is -0.125. The number of ether oxygens (including phenoxy) is 2. The van der Waals surface area contributed by atoms with E-state index in [4.69, 9.17) is 9.47 Å². The number of nitrogens with one attached hydrogen (secondary N) is 1. The second-order valence-corrected chi connectivity index (χ2v) is 7.02. The van der Waals surface area contributed by atoms with Crippen LogP contribution in [-0.4, -0.2) is 56.0 Å². The molecule has 0 fully saturated rings. The van der Waals surface area contributed by atoms with Crippen LogP contribution in [0.4, 0.5) is 5.69 Å². The van der Waals surface area contributed by atoms with Gasteiger partial charge in [-0.25, -0.2) is 0 Å². The summed E-state index contributed by atoms with van der Waals surface area (Å²) in [6, 6.07) is 12.3. The van der Waals surface area contributed by atoms with Crippen molar-refractivity contribution in [1.82, 2.24) is 10.2 Å². The third-order valence-electron chi connectivity index (χ3n) is 5.17. The average molecular weight is 425 g/mol. The Labute approximate surface area is 181 Å². The Morgan fingerprint density at radius 2 is 1.90 bits per heavy atom. The molecular formula is C23H27N3O5. The summed E-state index contributed by atoms with van der Waals surface area (Å²) in [6.07, 6.45) is 0. The number of hydrogen-bond donors (Lipinski definition) is 1. The molecule has 0 bridgehead atoms. The summed E-state index contributed by atoms with van der Waals surface area (Å²) in [7, 11) is 1.57. The zero-order valence-corrected chi connectivity index (χ0v) is 18.0. The molecule has 1 heterocycles. The van der Waals surface area contributed by atoms with E-state index in [1.807, 2.05) is 38.1 Å². The van der Waals surface area contributed by atoms with E-state index in [-0.39, 0.29) is 37.4 Å². The van der Waals surface area contributed by atoms with Gasteiger partial charge in [0.1, 0.15) is 18.0 Å². The highest BCUT2D eigenvalue weighted by atomic mass is 16.5. The predicted octanol–water partition coefficient (Wildman–Crippen LogP) is 2.22. The van der Waals surface area contributed by atoms with E-state index in [9.17, 15) is 14.4 Å². The van der Waals surface area contributed by atoms with Crippen LogP contribution in [0.5, 0.6) is 11.5 Å². The molecule has 8 nitrogen and oxygen atoms in total. The Morgan fingerprint density at radius 3 is 2.61 bits per heavy atom. The van der Waals surface area contributed by atoms with E-state index in [0.717, 1.165) is 5.56 Å². The molecule has 8 heteroatoms. The first-order chi connectivity index (χ1) is 15.0. The first-order valence-corrected chi connectivity index (χ1v) is 10.2. The van der Waals surface area contributed by atoms with Gasteiger partial charge in [0, 0.05) is 30.8 Å². The number of amides is 3. The van der Waals surface area contributed by atoms with Crippen LogP contribution in [0, 0.1) is 0 Å². The number of anilines is 1. The number of benzene rings is 2. The molecule has 3 amide bonds. The van der Waals surface area contributed by atoms with Crippen LogP contribution in [0.15, 0.2) is 42.5 Å². The zero-order valence-electron chi connectivity index (χ0n) is 18.0. The van der Waals surface area contributed by atoms with Crippen LogP contribution in [0.2, 0.25) is 0 Å². The maximum absolute atomic E-state index is 12.7. The number of carbonyl (C=O) groups is 3. The third-order valence-corrected chi connectivity index (χ3v) is 5.17. The fraction of sp³-hybridized carbons (Fsp3) is 0.348. The summed E-state index contributed by atoms with van der Waals surface area (Å²) >= 11 is 0. The second-order valence-electron chi connectivity index (χ2n) is 7.02. The summed E-state index contributed by atoms with van der Waals surface area (Å²) in [6.45, 7) is 4.92. The fourth-order valence-electron chi connectivity index (χ4n) is 3.44. The molecule has 2 aromatic rings. The van der Waals surface area contributed by atoms with E-state index in [0.29, 0.717) is 35.8 Å². The predicted molar refractivity (Wildman–Crippen MR) is 116 cm³/mol. The van der Waals surface area contributed by atoms with Gasteiger partial charge in [-0.2, -0.15) is 0 Å². The molecule has 3 rings (SSSR count). The summed E-state index contributed by atoms with van der Waals surface area (Å²) in [4.78, 5) is 40.9. The minimum absolute atomic E-state index is 0.133. The number of fused-ring (bicyclic) bond motifs is 1. The first kappa shape index (κ1) is 22.1. The van der Waals surface area contributed by atoms with Crippen LogP contribution in [-0.2, 0) is 16.1 Å². The van der Waals surface area contributed by atoms with Crippen molar-refractivity contribution in [3.63, 3.8) is 0 Å². The highest BCUT2D eigenvalue weighted by Crippen LogP contribution is 2.33. The Balaban J connectivity index is 1.76. The van der Waals surface area contributed by atoms with E-state index < -0.39 is 0 Å². The van der Waals surface area contributed by atoms with Gasteiger partial charge in [0.25, 0.3) is 11.8 Å². The van der Waals surface area contributed by atoms with Crippen molar-refractivity contribution in [2.75, 3.05) is 38.3 Å². The van der Waals surface area contributed by atoms with Crippen LogP contribution >= 0.6 is 0 Å². The largest absolute Gasteiger partial charge is 0.496 e. The maximum Gasteiger partial charge on any atom is 0.265 e. The molecule has 0 saturated heterocycles. The third kappa shape index (κ3) is 4.96. The summed E-state index contributed by atoms with van der Waals surface area (Å²) < 4.78 is 10.8. The number of carbonyl (C=O) groups excluding carboxylic acids is 3. The monoisotopic (exact) mass is 425 g/mol. The second kappa shape index (κ2) is 9.97. The lowest BCUT2D eigenvalue weighted by Crippen LogP contribution is -2.45. The molecule has 0 radical (unpaired) electrons. The molecule has 1 N–H and O–H groups in total. The van der Waals surface area contributed by atoms with Gasteiger partial charge >= 0.3 is 0 Å². The summed E-state index contributed by atoms with van der Waals surface area (Å²) in [5.74, 6) is 0.342. The van der Waals surface area contributed by atoms with E-state index in [1.165, 1.54) is 4.90 Å². The van der Waals surface area contributed by atoms with Gasteiger partial charge in [0.2, 0.25) is 5.91 Å². The molecule has 2 aromatic carbocycles. The lowest BCUT2D eigenvalue weighted by Gasteiger charge is -2.29. The highest BCUT2D eigenvalue weighted by Gasteiger charge is 2.28. The van der Waals surface area contributed by atoms with Gasteiger partial charge in [0.15, 0.2) is 6.61 Å². The minimum atomic E-state index is -0.340. The summed E-state index contributed by atoms with van der Waals surface area (Å²) in [5.41, 5.74) is 1.70. The molecule has 1 aliphatic heterocycles. The molecule has 0 unspecified atom stereocenters. The Bertz CT molecular complexity index is 971. The highest BCUT2D eigenvalue weighted by molar-refractivity contribution is 6.04. The Morgan fingerprint density at radius 1 is 1.16 bits per heavy atom. The van der Waals surface area contributed by atoms with Gasteiger partial charge < -0.3 is 19.7 Å². The van der Waals surface area contributed by atoms with Crippen LogP contribution in [0.1, 0.15) is 29.8 Å². The van der Waals surface area contributed by atoms with Crippen molar-refractivity contribution in [3.05, 3.63) is 53.6 Å². The number of methoxy groups -OCH3 is 1. The summed E-state index contributed by atoms with van der Waals surface area (Å²) in [5, 5.41) is 2.82. The van der Waals surface area contributed by atoms with Crippen molar-refractivity contribution >= 4 is 23.4 Å². The van der Waals surface area contributed by atoms with Gasteiger partial charge in [0.05, 0.1) is 12.8 Å². The topological polar surface area (TPSA) is 88.2 Å². The normalized spacial score (nSPS) is 12.6. The smallest absolute Gasteiger partial charge is 0.265 e. The van der Waals surface area contributed by atoms with Crippen LogP contribution in [0.3, 0.4) is 0 Å². The quantitative estimate of drug-likeness (QED) is 0.701. The van der Waals surface area contributed by atoms with Crippen molar-refractivity contribution in [2.24, 2.45) is 0 Å². The average Bonchev–Trinajstić information content (AvgIpc) is 2.80. The van der Waals surface area contributed by atoms with Gasteiger partial charge in [-0.05, 0) is 38.1 Å². The van der Waals surface area contributed by atoms with Crippen LogP contribution in [0.25, 0.3) is 0 Å². The van der Waals surface area contributed by atoms with Gasteiger partial charge in [-0.3, -0.25) is 19.3 Å². The minimum Gasteiger partial charge on any atom is -0.496 e. The molecule has 31 heavy (non-hydrogen) atoms. The molecule has 164 valence electrons. The van der Waals surface area contributed by atoms with Crippen molar-refractivity contribution in [2.45, 2.75) is 20.4 Å². The van der Waals surface area contributed by atoms with E-state index >= 15 is 0 Å². The van der Waals surface area contributed by atoms with Gasteiger partial charge in [-0.15, -0.1) is 0 Å². The van der Waals surface area contributed by atoms with Gasteiger partial charge in [-0.1, -0.05) is 18.2 Å². The molecule has 0 atom stereocenters. The molecule has 0 spiro atoms. The van der Waals surface area contributed by atoms with Crippen LogP contribution < -0.4 is 19.7 Å². The number of para-hydroxylation sites is 1. The van der Waals surface area contributed by atoms with Crippen molar-refractivity contribution in [3.8, 4) is 11.5 Å². The fourth-order valence-corrected chi connectivity index (χ4v) is 3.44. The number of rotatable bonds is 8. The first-order valence-electron chi connectivity index (χ1n) is 10.2. The number of hydrogen-bond acceptors (Lipinski definition) is 5. The molecule has 0 aromatic heterocycles. The maximum atomic E-state index is 12.7. The number of nitrogens with zero attached hydrogens (tertiary/aromatic N) is 2. The zero-order chi connectivity index (χ0) is 22.4. The lowest BCUT2D eigenvalue weighted by atomic mass is 10.1. The van der Waals surface area contributed by atoms with Crippen molar-refractivity contribution < 1.29 is 23.9 Å². The Hall–Kier alpha value is -3.55. The standard InChI is InChI=1S/C23H27N3O5/c1-4-25(5-2)23(29)16-10-11-20-18(12-16)26(22(28)15-31-20)14-21(27)24-13-17-8-6-7-9-19(17)30-3/h6-12H,4-5,13-15H2,1-3H3,(H,24,27). The molecule has 1 aliphatic rings. The Kier molecular flexibility index (Phi) is 7.12. The van der Waals surface area contributed by atoms with E-state index in [1.54, 1.807) is 30.2 Å². The van der Waals surface area contributed by atoms with E-state index in [2.05, 4.69) is 5.32 Å². The van der Waals surface area contributed by atoms with Crippen molar-refractivity contribution in [1.29, 1.82) is 0 Å². The SMILES string of the molecule is CCN(CC)C(=O)c1ccc2c(c1)N(CC(=O)NCc1ccccc1OC)C(=O)CO2. The molecular weight excluding hydrogens is 398 g/mol. The molecule has 0 aliphatic carbocycles. The molecule has 0 saturated carbocycles.